The van der Waals surface area contributed by atoms with E-state index in [1.165, 1.54) is 49.2 Å². The monoisotopic (exact) mass is 414 g/mol. The van der Waals surface area contributed by atoms with Crippen molar-refractivity contribution in [2.24, 2.45) is 5.92 Å². The molecule has 30 heavy (non-hydrogen) atoms. The standard InChI is InChI=1S/C21H30N6O3/c1-4-16(22)17-18(23-11-14-9-7-6-8-10-14)19(29-3)26-21(25-17)27-13-15(12-24-27)20(28)30-5-2/h12-14,22-23H,4-11H2,1-3H3. The summed E-state index contributed by atoms with van der Waals surface area (Å²) in [7, 11) is 1.55. The average Bonchev–Trinajstić information content (AvgIpc) is 3.28. The maximum Gasteiger partial charge on any atom is 0.341 e. The zero-order valence-corrected chi connectivity index (χ0v) is 17.9. The molecule has 0 aliphatic heterocycles. The van der Waals surface area contributed by atoms with Gasteiger partial charge in [0, 0.05) is 12.7 Å². The van der Waals surface area contributed by atoms with Crippen molar-refractivity contribution in [2.45, 2.75) is 52.4 Å². The number of carbonyl (C=O) groups excluding carboxylic acids is 1. The van der Waals surface area contributed by atoms with Crippen LogP contribution in [-0.2, 0) is 4.74 Å². The van der Waals surface area contributed by atoms with E-state index in [1.807, 2.05) is 6.92 Å². The molecule has 0 unspecified atom stereocenters. The number of esters is 1. The molecule has 0 spiro atoms. The summed E-state index contributed by atoms with van der Waals surface area (Å²) in [5, 5.41) is 16.0. The molecule has 0 saturated heterocycles. The lowest BCUT2D eigenvalue weighted by Crippen LogP contribution is -2.20. The zero-order chi connectivity index (χ0) is 21.5. The molecule has 9 nitrogen and oxygen atoms in total. The Morgan fingerprint density at radius 2 is 2.03 bits per heavy atom. The number of ether oxygens (including phenoxy) is 2. The van der Waals surface area contributed by atoms with Crippen LogP contribution in [0.4, 0.5) is 5.69 Å². The van der Waals surface area contributed by atoms with E-state index < -0.39 is 5.97 Å². The Morgan fingerprint density at radius 1 is 1.27 bits per heavy atom. The number of hydrogen-bond donors (Lipinski definition) is 2. The fourth-order valence-electron chi connectivity index (χ4n) is 3.61. The topological polar surface area (TPSA) is 115 Å². The third kappa shape index (κ3) is 4.95. The molecule has 0 atom stereocenters. The zero-order valence-electron chi connectivity index (χ0n) is 17.9. The van der Waals surface area contributed by atoms with Gasteiger partial charge in [-0.2, -0.15) is 10.1 Å². The van der Waals surface area contributed by atoms with Crippen LogP contribution in [0.5, 0.6) is 5.88 Å². The second-order valence-electron chi connectivity index (χ2n) is 7.37. The maximum absolute atomic E-state index is 11.9. The summed E-state index contributed by atoms with van der Waals surface area (Å²) in [6.07, 6.45) is 9.69. The molecule has 0 bridgehead atoms. The highest BCUT2D eigenvalue weighted by atomic mass is 16.5. The van der Waals surface area contributed by atoms with E-state index in [4.69, 9.17) is 14.9 Å². The molecule has 0 radical (unpaired) electrons. The number of rotatable bonds is 9. The van der Waals surface area contributed by atoms with Crippen molar-refractivity contribution in [1.29, 1.82) is 5.41 Å². The van der Waals surface area contributed by atoms with Gasteiger partial charge in [-0.15, -0.1) is 0 Å². The average molecular weight is 415 g/mol. The van der Waals surface area contributed by atoms with E-state index in [2.05, 4.69) is 20.4 Å². The number of nitrogens with zero attached hydrogens (tertiary/aromatic N) is 4. The van der Waals surface area contributed by atoms with Gasteiger partial charge >= 0.3 is 5.97 Å². The molecule has 162 valence electrons. The van der Waals surface area contributed by atoms with Crippen molar-refractivity contribution < 1.29 is 14.3 Å². The van der Waals surface area contributed by atoms with E-state index in [-0.39, 0.29) is 12.6 Å². The highest BCUT2D eigenvalue weighted by Crippen LogP contribution is 2.30. The largest absolute Gasteiger partial charge is 0.479 e. The van der Waals surface area contributed by atoms with Gasteiger partial charge in [0.05, 0.1) is 31.2 Å². The highest BCUT2D eigenvalue weighted by molar-refractivity contribution is 6.02. The van der Waals surface area contributed by atoms with Crippen LogP contribution in [0.15, 0.2) is 12.4 Å². The highest BCUT2D eigenvalue weighted by Gasteiger charge is 2.22. The molecule has 2 N–H and O–H groups in total. The van der Waals surface area contributed by atoms with E-state index in [0.717, 1.165) is 6.54 Å². The molecule has 0 amide bonds. The molecule has 1 aliphatic carbocycles. The van der Waals surface area contributed by atoms with Crippen LogP contribution in [-0.4, -0.2) is 51.7 Å². The number of nitrogens with one attached hydrogen (secondary N) is 2. The summed E-state index contributed by atoms with van der Waals surface area (Å²) < 4.78 is 11.9. The lowest BCUT2D eigenvalue weighted by atomic mass is 9.89. The van der Waals surface area contributed by atoms with Gasteiger partial charge in [-0.3, -0.25) is 0 Å². The Morgan fingerprint density at radius 3 is 2.70 bits per heavy atom. The number of aromatic nitrogens is 4. The molecule has 1 aliphatic rings. The summed E-state index contributed by atoms with van der Waals surface area (Å²) >= 11 is 0. The Labute approximate surface area is 176 Å². The van der Waals surface area contributed by atoms with Crippen LogP contribution >= 0.6 is 0 Å². The Balaban J connectivity index is 1.92. The normalized spacial score (nSPS) is 14.4. The minimum Gasteiger partial charge on any atom is -0.479 e. The third-order valence-corrected chi connectivity index (χ3v) is 5.29. The first kappa shape index (κ1) is 21.7. The first-order chi connectivity index (χ1) is 14.6. The predicted molar refractivity (Wildman–Crippen MR) is 114 cm³/mol. The van der Waals surface area contributed by atoms with Crippen LogP contribution in [0, 0.1) is 11.3 Å². The third-order valence-electron chi connectivity index (χ3n) is 5.29. The van der Waals surface area contributed by atoms with Gasteiger partial charge in [0.2, 0.25) is 5.88 Å². The van der Waals surface area contributed by atoms with Gasteiger partial charge in [-0.05, 0) is 32.1 Å². The first-order valence-corrected chi connectivity index (χ1v) is 10.6. The molecule has 2 aromatic heterocycles. The number of anilines is 1. The molecular formula is C21H30N6O3. The lowest BCUT2D eigenvalue weighted by Gasteiger charge is -2.23. The second-order valence-corrected chi connectivity index (χ2v) is 7.37. The van der Waals surface area contributed by atoms with Crippen LogP contribution in [0.25, 0.3) is 5.95 Å². The minimum atomic E-state index is -0.456. The smallest absolute Gasteiger partial charge is 0.341 e. The Hall–Kier alpha value is -2.97. The molecule has 0 aromatic carbocycles. The molecule has 1 saturated carbocycles. The lowest BCUT2D eigenvalue weighted by molar-refractivity contribution is 0.0526. The van der Waals surface area contributed by atoms with Gasteiger partial charge < -0.3 is 20.2 Å². The Kier molecular flexibility index (Phi) is 7.37. The van der Waals surface area contributed by atoms with Gasteiger partial charge in [0.25, 0.3) is 5.95 Å². The quantitative estimate of drug-likeness (QED) is 0.476. The van der Waals surface area contributed by atoms with E-state index in [9.17, 15) is 4.79 Å². The number of carbonyl (C=O) groups is 1. The van der Waals surface area contributed by atoms with Crippen LogP contribution < -0.4 is 10.1 Å². The molecule has 1 fully saturated rings. The summed E-state index contributed by atoms with van der Waals surface area (Å²) in [5.41, 5.74) is 1.81. The number of hydrogen-bond acceptors (Lipinski definition) is 8. The van der Waals surface area contributed by atoms with Crippen LogP contribution in [0.2, 0.25) is 0 Å². The van der Waals surface area contributed by atoms with E-state index in [0.29, 0.717) is 40.9 Å². The first-order valence-electron chi connectivity index (χ1n) is 10.6. The second kappa shape index (κ2) is 10.2. The number of methoxy groups -OCH3 is 1. The van der Waals surface area contributed by atoms with E-state index in [1.54, 1.807) is 14.0 Å². The Bertz CT molecular complexity index is 889. The summed E-state index contributed by atoms with van der Waals surface area (Å²) in [5.74, 6) is 0.740. The van der Waals surface area contributed by atoms with Crippen molar-refractivity contribution in [2.75, 3.05) is 25.6 Å². The van der Waals surface area contributed by atoms with Crippen molar-refractivity contribution >= 4 is 17.4 Å². The minimum absolute atomic E-state index is 0.235. The molecule has 3 rings (SSSR count). The molecule has 2 aromatic rings. The van der Waals surface area contributed by atoms with Crippen molar-refractivity contribution in [3.05, 3.63) is 23.7 Å². The van der Waals surface area contributed by atoms with Gasteiger partial charge in [-0.1, -0.05) is 26.2 Å². The fourth-order valence-corrected chi connectivity index (χ4v) is 3.61. The SMILES string of the molecule is CCOC(=O)c1cnn(-c2nc(OC)c(NCC3CCCCC3)c(C(=N)CC)n2)c1. The van der Waals surface area contributed by atoms with Crippen molar-refractivity contribution in [3.63, 3.8) is 0 Å². The van der Waals surface area contributed by atoms with Crippen molar-refractivity contribution in [3.8, 4) is 11.8 Å². The van der Waals surface area contributed by atoms with Crippen molar-refractivity contribution in [1.82, 2.24) is 19.7 Å². The molecule has 2 heterocycles. The van der Waals surface area contributed by atoms with Crippen LogP contribution in [0.1, 0.15) is 68.4 Å². The maximum atomic E-state index is 11.9. The summed E-state index contributed by atoms with van der Waals surface area (Å²) in [6.45, 7) is 4.75. The molecular weight excluding hydrogens is 384 g/mol. The molecule has 9 heteroatoms. The fraction of sp³-hybridized carbons (Fsp3) is 0.571. The predicted octanol–water partition coefficient (Wildman–Crippen LogP) is 3.62. The van der Waals surface area contributed by atoms with Crippen LogP contribution in [0.3, 0.4) is 0 Å². The summed E-state index contributed by atoms with van der Waals surface area (Å²) in [6, 6.07) is 0. The van der Waals surface area contributed by atoms with E-state index >= 15 is 0 Å². The van der Waals surface area contributed by atoms with Gasteiger partial charge in [0.15, 0.2) is 0 Å². The van der Waals surface area contributed by atoms with Gasteiger partial charge in [0.1, 0.15) is 11.4 Å². The van der Waals surface area contributed by atoms with Gasteiger partial charge in [-0.25, -0.2) is 14.5 Å². The summed E-state index contributed by atoms with van der Waals surface area (Å²) in [4.78, 5) is 21.0.